The van der Waals surface area contributed by atoms with Gasteiger partial charge in [-0.1, -0.05) is 0 Å². The van der Waals surface area contributed by atoms with E-state index in [4.69, 9.17) is 4.74 Å². The first-order valence-electron chi connectivity index (χ1n) is 10.2. The van der Waals surface area contributed by atoms with Crippen LogP contribution in [0.15, 0.2) is 18.3 Å². The van der Waals surface area contributed by atoms with E-state index in [1.807, 2.05) is 4.90 Å². The number of aromatic nitrogens is 3. The van der Waals surface area contributed by atoms with E-state index in [0.717, 1.165) is 31.0 Å². The number of hydrogen-bond acceptors (Lipinski definition) is 7. The summed E-state index contributed by atoms with van der Waals surface area (Å²) in [4.78, 5) is 27.9. The van der Waals surface area contributed by atoms with Gasteiger partial charge in [-0.15, -0.1) is 0 Å². The van der Waals surface area contributed by atoms with Gasteiger partial charge in [0.25, 0.3) is 0 Å². The summed E-state index contributed by atoms with van der Waals surface area (Å²) in [6.07, 6.45) is 3.77. The van der Waals surface area contributed by atoms with Crippen LogP contribution >= 0.6 is 0 Å². The zero-order chi connectivity index (χ0) is 22.4. The lowest BCUT2D eigenvalue weighted by Crippen LogP contribution is -2.27. The molecule has 166 valence electrons. The van der Waals surface area contributed by atoms with Crippen LogP contribution in [-0.2, 0) is 20.9 Å². The van der Waals surface area contributed by atoms with Crippen LogP contribution in [-0.4, -0.2) is 54.7 Å². The molecule has 0 radical (unpaired) electrons. The number of amides is 1. The molecule has 8 nitrogen and oxygen atoms in total. The fourth-order valence-electron chi connectivity index (χ4n) is 3.88. The minimum atomic E-state index is -3.19. The molecule has 2 aromatic heterocycles. The fraction of sp³-hybridized carbons (Fsp3) is 0.524. The predicted molar refractivity (Wildman–Crippen MR) is 113 cm³/mol. The molecule has 0 bridgehead atoms. The average molecular weight is 432 g/mol. The molecule has 0 unspecified atom stereocenters. The van der Waals surface area contributed by atoms with Crippen LogP contribution in [0.4, 0.5) is 31.9 Å². The number of ether oxygens (including phenoxy) is 1. The van der Waals surface area contributed by atoms with Gasteiger partial charge in [-0.05, 0) is 12.8 Å². The number of nitrogens with one attached hydrogen (secondary N) is 1. The predicted octanol–water partition coefficient (Wildman–Crippen LogP) is 3.21. The Hall–Kier alpha value is -2.88. The van der Waals surface area contributed by atoms with Crippen LogP contribution < -0.4 is 15.1 Å². The van der Waals surface area contributed by atoms with Crippen molar-refractivity contribution in [3.63, 3.8) is 0 Å². The maximum atomic E-state index is 14.2. The smallest absolute Gasteiger partial charge is 0.303 e. The molecule has 0 saturated heterocycles. The van der Waals surface area contributed by atoms with Crippen molar-refractivity contribution >= 4 is 29.0 Å². The van der Waals surface area contributed by atoms with Gasteiger partial charge in [-0.25, -0.2) is 15.0 Å². The SMILES string of the molecule is COCCN(C)c1cc(N2CC3(CC3)c3cnc(NC(C)=O)cc32)nc(C(C)(F)F)n1. The van der Waals surface area contributed by atoms with Gasteiger partial charge < -0.3 is 19.9 Å². The van der Waals surface area contributed by atoms with Crippen LogP contribution in [0.5, 0.6) is 0 Å². The summed E-state index contributed by atoms with van der Waals surface area (Å²) < 4.78 is 33.6. The van der Waals surface area contributed by atoms with Crippen molar-refractivity contribution in [2.75, 3.05) is 49.0 Å². The quantitative estimate of drug-likeness (QED) is 0.719. The minimum absolute atomic E-state index is 0.0426. The maximum absolute atomic E-state index is 14.2. The summed E-state index contributed by atoms with van der Waals surface area (Å²) in [5.74, 6) is -2.73. The summed E-state index contributed by atoms with van der Waals surface area (Å²) >= 11 is 0. The third-order valence-electron chi connectivity index (χ3n) is 5.75. The first kappa shape index (κ1) is 21.4. The number of carbonyl (C=O) groups is 1. The van der Waals surface area contributed by atoms with Gasteiger partial charge in [0.2, 0.25) is 11.7 Å². The molecule has 1 spiro atoms. The van der Waals surface area contributed by atoms with Crippen LogP contribution in [0.3, 0.4) is 0 Å². The van der Waals surface area contributed by atoms with Gasteiger partial charge in [0.05, 0.1) is 12.3 Å². The third kappa shape index (κ3) is 4.16. The highest BCUT2D eigenvalue weighted by Crippen LogP contribution is 2.58. The zero-order valence-corrected chi connectivity index (χ0v) is 18.1. The van der Waals surface area contributed by atoms with Gasteiger partial charge in [0.15, 0.2) is 0 Å². The van der Waals surface area contributed by atoms with Gasteiger partial charge in [-0.3, -0.25) is 4.79 Å². The van der Waals surface area contributed by atoms with Crippen molar-refractivity contribution in [2.24, 2.45) is 0 Å². The van der Waals surface area contributed by atoms with Crippen molar-refractivity contribution in [1.82, 2.24) is 15.0 Å². The third-order valence-corrected chi connectivity index (χ3v) is 5.75. The molecule has 1 amide bonds. The van der Waals surface area contributed by atoms with E-state index in [-0.39, 0.29) is 11.3 Å². The number of nitrogens with zero attached hydrogens (tertiary/aromatic N) is 5. The monoisotopic (exact) mass is 432 g/mol. The number of likely N-dealkylation sites (N-methyl/N-ethyl adjacent to an activating group) is 1. The molecule has 1 aliphatic heterocycles. The van der Waals surface area contributed by atoms with Crippen LogP contribution in [0.1, 0.15) is 38.1 Å². The number of halogens is 2. The van der Waals surface area contributed by atoms with Crippen LogP contribution in [0, 0.1) is 0 Å². The highest BCUT2D eigenvalue weighted by molar-refractivity contribution is 5.89. The maximum Gasteiger partial charge on any atom is 0.303 e. The molecule has 4 rings (SSSR count). The summed E-state index contributed by atoms with van der Waals surface area (Å²) in [6.45, 7) is 3.77. The number of alkyl halides is 2. The second-order valence-electron chi connectivity index (χ2n) is 8.35. The lowest BCUT2D eigenvalue weighted by atomic mass is 10.0. The largest absolute Gasteiger partial charge is 0.383 e. The zero-order valence-electron chi connectivity index (χ0n) is 18.1. The molecule has 3 heterocycles. The van der Waals surface area contributed by atoms with E-state index in [2.05, 4.69) is 20.3 Å². The second-order valence-corrected chi connectivity index (χ2v) is 8.35. The Morgan fingerprint density at radius 2 is 2.10 bits per heavy atom. The van der Waals surface area contributed by atoms with Gasteiger partial charge in [0.1, 0.15) is 17.5 Å². The van der Waals surface area contributed by atoms with Crippen LogP contribution in [0.25, 0.3) is 0 Å². The molecule has 0 aromatic carbocycles. The highest BCUT2D eigenvalue weighted by Gasteiger charge is 2.53. The lowest BCUT2D eigenvalue weighted by molar-refractivity contribution is -0.114. The first-order valence-corrected chi connectivity index (χ1v) is 10.2. The molecular formula is C21H26F2N6O2. The summed E-state index contributed by atoms with van der Waals surface area (Å²) in [5.41, 5.74) is 1.84. The molecule has 10 heteroatoms. The van der Waals surface area contributed by atoms with E-state index < -0.39 is 11.7 Å². The Labute approximate surface area is 179 Å². The topological polar surface area (TPSA) is 83.5 Å². The van der Waals surface area contributed by atoms with Crippen molar-refractivity contribution in [1.29, 1.82) is 0 Å². The molecular weight excluding hydrogens is 406 g/mol. The summed E-state index contributed by atoms with van der Waals surface area (Å²) in [7, 11) is 3.36. The number of hydrogen-bond donors (Lipinski definition) is 1. The highest BCUT2D eigenvalue weighted by atomic mass is 19.3. The Morgan fingerprint density at radius 3 is 2.71 bits per heavy atom. The van der Waals surface area contributed by atoms with E-state index in [1.165, 1.54) is 6.92 Å². The summed E-state index contributed by atoms with van der Waals surface area (Å²) in [6, 6.07) is 3.50. The Kier molecular flexibility index (Phi) is 5.28. The summed E-state index contributed by atoms with van der Waals surface area (Å²) in [5, 5.41) is 2.69. The Balaban J connectivity index is 1.78. The van der Waals surface area contributed by atoms with E-state index in [9.17, 15) is 13.6 Å². The molecule has 1 aliphatic carbocycles. The molecule has 0 atom stereocenters. The number of carbonyl (C=O) groups excluding carboxylic acids is 1. The van der Waals surface area contributed by atoms with Crippen molar-refractivity contribution in [3.8, 4) is 0 Å². The molecule has 2 aromatic rings. The minimum Gasteiger partial charge on any atom is -0.383 e. The van der Waals surface area contributed by atoms with Crippen molar-refractivity contribution in [3.05, 3.63) is 29.7 Å². The molecule has 1 N–H and O–H groups in total. The Bertz CT molecular complexity index is 1010. The average Bonchev–Trinajstić information content (AvgIpc) is 3.41. The van der Waals surface area contributed by atoms with Gasteiger partial charge in [-0.2, -0.15) is 8.78 Å². The van der Waals surface area contributed by atoms with Crippen LogP contribution in [0.2, 0.25) is 0 Å². The molecule has 1 saturated carbocycles. The van der Waals surface area contributed by atoms with Gasteiger partial charge >= 0.3 is 5.92 Å². The number of rotatable bonds is 7. The standard InChI is InChI=1S/C21H26F2N6O2/c1-13(30)25-16-9-15-14(11-24-16)21(5-6-21)12-29(15)18-10-17(28(3)7-8-31-4)26-19(27-18)20(2,22)23/h9-11H,5-8,12H2,1-4H3,(H,24,25,30). The van der Waals surface area contributed by atoms with Gasteiger partial charge in [0, 0.05) is 70.4 Å². The number of anilines is 4. The number of fused-ring (bicyclic) bond motifs is 2. The molecule has 2 aliphatic rings. The number of pyridine rings is 1. The van der Waals surface area contributed by atoms with Crippen molar-refractivity contribution < 1.29 is 18.3 Å². The molecule has 31 heavy (non-hydrogen) atoms. The fourth-order valence-corrected chi connectivity index (χ4v) is 3.88. The normalized spacial score (nSPS) is 16.4. The van der Waals surface area contributed by atoms with Crippen molar-refractivity contribution in [2.45, 2.75) is 38.0 Å². The lowest BCUT2D eigenvalue weighted by Gasteiger charge is -2.24. The first-order chi connectivity index (χ1) is 14.6. The van der Waals surface area contributed by atoms with E-state index in [0.29, 0.717) is 37.1 Å². The number of methoxy groups -OCH3 is 1. The van der Waals surface area contributed by atoms with E-state index >= 15 is 0 Å². The second kappa shape index (κ2) is 7.67. The van der Waals surface area contributed by atoms with E-state index in [1.54, 1.807) is 37.4 Å². The Morgan fingerprint density at radius 1 is 1.35 bits per heavy atom. The molecule has 1 fully saturated rings.